The second kappa shape index (κ2) is 12.5. The largest absolute Gasteiger partial charge is 0.493 e. The maximum absolute atomic E-state index is 6.25. The Kier molecular flexibility index (Phi) is 8.50. The number of likely N-dealkylation sites (tertiary alicyclic amines) is 1. The van der Waals surface area contributed by atoms with Gasteiger partial charge in [0.1, 0.15) is 11.4 Å². The molecule has 3 aliphatic rings. The Morgan fingerprint density at radius 2 is 1.70 bits per heavy atom. The fourth-order valence-corrected chi connectivity index (χ4v) is 6.05. The minimum Gasteiger partial charge on any atom is -0.493 e. The van der Waals surface area contributed by atoms with Crippen LogP contribution in [0, 0.1) is 0 Å². The van der Waals surface area contributed by atoms with Gasteiger partial charge < -0.3 is 33.9 Å². The molecule has 4 heterocycles. The fraction of sp³-hybridized carbons (Fsp3) is 0.515. The SMILES string of the molecule is CCOc1cc(CN2CCC(Nc3nc(N4CCOCC4)c4cc(OC)c(OC)cc4n3)CC2)cc2c1OC(C)(C)C=C2. The average Bonchev–Trinajstić information content (AvgIpc) is 3.01. The summed E-state index contributed by atoms with van der Waals surface area (Å²) < 4.78 is 29.0. The topological polar surface area (TPSA) is 90.4 Å². The number of rotatable bonds is 9. The van der Waals surface area contributed by atoms with Crippen molar-refractivity contribution in [2.45, 2.75) is 51.8 Å². The maximum Gasteiger partial charge on any atom is 0.225 e. The first kappa shape index (κ1) is 29.3. The second-order valence-electron chi connectivity index (χ2n) is 11.9. The van der Waals surface area contributed by atoms with Crippen molar-refractivity contribution in [2.24, 2.45) is 0 Å². The standard InChI is InChI=1S/C33H43N5O5/c1-6-42-29-18-22(17-23-7-10-33(2,3)43-30(23)29)21-37-11-8-24(9-12-37)34-32-35-26-20-28(40-5)27(39-4)19-25(26)31(36-32)38-13-15-41-16-14-38/h7,10,17-20,24H,6,8-9,11-16,21H2,1-5H3,(H,34,35,36). The summed E-state index contributed by atoms with van der Waals surface area (Å²) in [6.07, 6.45) is 6.26. The fourth-order valence-electron chi connectivity index (χ4n) is 6.05. The molecule has 43 heavy (non-hydrogen) atoms. The molecule has 2 aromatic carbocycles. The summed E-state index contributed by atoms with van der Waals surface area (Å²) in [7, 11) is 3.30. The van der Waals surface area contributed by atoms with E-state index >= 15 is 0 Å². The summed E-state index contributed by atoms with van der Waals surface area (Å²) in [5, 5.41) is 4.60. The molecule has 0 unspecified atom stereocenters. The van der Waals surface area contributed by atoms with Crippen molar-refractivity contribution in [2.75, 3.05) is 70.4 Å². The summed E-state index contributed by atoms with van der Waals surface area (Å²) in [6.45, 7) is 12.5. The third kappa shape index (κ3) is 6.45. The van der Waals surface area contributed by atoms with Crippen LogP contribution in [-0.2, 0) is 11.3 Å². The molecule has 0 bridgehead atoms. The van der Waals surface area contributed by atoms with Crippen LogP contribution in [0.1, 0.15) is 44.7 Å². The van der Waals surface area contributed by atoms with Gasteiger partial charge in [-0.25, -0.2) is 4.98 Å². The van der Waals surface area contributed by atoms with E-state index in [0.29, 0.717) is 37.3 Å². The van der Waals surface area contributed by atoms with Gasteiger partial charge in [0.15, 0.2) is 23.0 Å². The highest BCUT2D eigenvalue weighted by molar-refractivity contribution is 5.93. The zero-order valence-electron chi connectivity index (χ0n) is 25.9. The predicted molar refractivity (Wildman–Crippen MR) is 169 cm³/mol. The number of hydrogen-bond acceptors (Lipinski definition) is 10. The molecule has 0 aliphatic carbocycles. The third-order valence-electron chi connectivity index (χ3n) is 8.29. The van der Waals surface area contributed by atoms with Crippen LogP contribution in [0.3, 0.4) is 0 Å². The van der Waals surface area contributed by atoms with E-state index < -0.39 is 0 Å². The Morgan fingerprint density at radius 1 is 0.953 bits per heavy atom. The summed E-state index contributed by atoms with van der Waals surface area (Å²) in [4.78, 5) is 14.7. The molecule has 3 aliphatic heterocycles. The molecule has 0 spiro atoms. The Hall–Kier alpha value is -3.76. The lowest BCUT2D eigenvalue weighted by Crippen LogP contribution is -2.39. The minimum absolute atomic E-state index is 0.285. The van der Waals surface area contributed by atoms with Crippen molar-refractivity contribution in [1.29, 1.82) is 0 Å². The Bertz CT molecular complexity index is 1480. The molecule has 0 radical (unpaired) electrons. The van der Waals surface area contributed by atoms with E-state index in [4.69, 9.17) is 33.7 Å². The first-order chi connectivity index (χ1) is 20.9. The molecular formula is C33H43N5O5. The molecule has 0 atom stereocenters. The Balaban J connectivity index is 1.16. The number of nitrogens with one attached hydrogen (secondary N) is 1. The van der Waals surface area contributed by atoms with Gasteiger partial charge in [-0.2, -0.15) is 4.98 Å². The zero-order valence-corrected chi connectivity index (χ0v) is 25.9. The van der Waals surface area contributed by atoms with Crippen molar-refractivity contribution >= 4 is 28.7 Å². The number of fused-ring (bicyclic) bond motifs is 2. The van der Waals surface area contributed by atoms with Crippen molar-refractivity contribution < 1.29 is 23.7 Å². The second-order valence-corrected chi connectivity index (χ2v) is 11.9. The zero-order chi connectivity index (χ0) is 30.0. The number of methoxy groups -OCH3 is 2. The van der Waals surface area contributed by atoms with E-state index in [1.54, 1.807) is 14.2 Å². The van der Waals surface area contributed by atoms with Gasteiger partial charge in [0, 0.05) is 55.8 Å². The third-order valence-corrected chi connectivity index (χ3v) is 8.29. The van der Waals surface area contributed by atoms with Gasteiger partial charge in [0.2, 0.25) is 5.95 Å². The first-order valence-electron chi connectivity index (χ1n) is 15.3. The van der Waals surface area contributed by atoms with E-state index in [9.17, 15) is 0 Å². The molecule has 1 aromatic heterocycles. The number of anilines is 2. The van der Waals surface area contributed by atoms with Crippen molar-refractivity contribution in [1.82, 2.24) is 14.9 Å². The average molecular weight is 590 g/mol. The van der Waals surface area contributed by atoms with Crippen LogP contribution < -0.4 is 29.2 Å². The smallest absolute Gasteiger partial charge is 0.225 e. The normalized spacial score (nSPS) is 18.7. The van der Waals surface area contributed by atoms with Gasteiger partial charge in [-0.1, -0.05) is 6.08 Å². The first-order valence-corrected chi connectivity index (χ1v) is 15.3. The van der Waals surface area contributed by atoms with Crippen molar-refractivity contribution in [3.05, 3.63) is 41.5 Å². The number of morpholine rings is 1. The maximum atomic E-state index is 6.25. The number of piperidine rings is 1. The highest BCUT2D eigenvalue weighted by Crippen LogP contribution is 2.40. The van der Waals surface area contributed by atoms with Gasteiger partial charge in [0.05, 0.1) is 39.6 Å². The number of benzene rings is 2. The van der Waals surface area contributed by atoms with E-state index in [1.165, 1.54) is 5.56 Å². The summed E-state index contributed by atoms with van der Waals surface area (Å²) >= 11 is 0. The highest BCUT2D eigenvalue weighted by atomic mass is 16.5. The summed E-state index contributed by atoms with van der Waals surface area (Å²) in [5.74, 6) is 4.52. The van der Waals surface area contributed by atoms with Crippen LogP contribution >= 0.6 is 0 Å². The molecule has 1 N–H and O–H groups in total. The minimum atomic E-state index is -0.341. The van der Waals surface area contributed by atoms with Crippen LogP contribution in [0.4, 0.5) is 11.8 Å². The van der Waals surface area contributed by atoms with E-state index in [0.717, 1.165) is 79.3 Å². The van der Waals surface area contributed by atoms with Crippen molar-refractivity contribution in [3.8, 4) is 23.0 Å². The molecule has 0 amide bonds. The highest BCUT2D eigenvalue weighted by Gasteiger charge is 2.27. The summed E-state index contributed by atoms with van der Waals surface area (Å²) in [5.41, 5.74) is 2.80. The molecule has 230 valence electrons. The molecule has 6 rings (SSSR count). The molecule has 3 aromatic rings. The number of nitrogens with zero attached hydrogens (tertiary/aromatic N) is 4. The molecule has 2 fully saturated rings. The quantitative estimate of drug-likeness (QED) is 0.362. The van der Waals surface area contributed by atoms with Gasteiger partial charge in [-0.3, -0.25) is 4.90 Å². The lowest BCUT2D eigenvalue weighted by atomic mass is 9.99. The van der Waals surface area contributed by atoms with Crippen LogP contribution in [0.25, 0.3) is 17.0 Å². The van der Waals surface area contributed by atoms with Gasteiger partial charge in [-0.05, 0) is 63.5 Å². The molecule has 0 saturated carbocycles. The molecule has 2 saturated heterocycles. The van der Waals surface area contributed by atoms with Crippen molar-refractivity contribution in [3.63, 3.8) is 0 Å². The number of aromatic nitrogens is 2. The van der Waals surface area contributed by atoms with Crippen LogP contribution in [-0.4, -0.2) is 86.7 Å². The van der Waals surface area contributed by atoms with E-state index in [1.807, 2.05) is 19.1 Å². The van der Waals surface area contributed by atoms with E-state index in [2.05, 4.69) is 53.2 Å². The molecule has 10 heteroatoms. The Labute approximate surface area is 253 Å². The number of ether oxygens (including phenoxy) is 5. The summed E-state index contributed by atoms with van der Waals surface area (Å²) in [6, 6.07) is 8.56. The lowest BCUT2D eigenvalue weighted by molar-refractivity contribution is 0.122. The van der Waals surface area contributed by atoms with Gasteiger partial charge in [-0.15, -0.1) is 0 Å². The van der Waals surface area contributed by atoms with Crippen LogP contribution in [0.2, 0.25) is 0 Å². The van der Waals surface area contributed by atoms with E-state index in [-0.39, 0.29) is 11.6 Å². The van der Waals surface area contributed by atoms with Crippen LogP contribution in [0.15, 0.2) is 30.3 Å². The molecule has 10 nitrogen and oxygen atoms in total. The Morgan fingerprint density at radius 3 is 2.42 bits per heavy atom. The number of hydrogen-bond donors (Lipinski definition) is 1. The molecular weight excluding hydrogens is 546 g/mol. The lowest BCUT2D eigenvalue weighted by Gasteiger charge is -2.33. The predicted octanol–water partition coefficient (Wildman–Crippen LogP) is 5.14. The van der Waals surface area contributed by atoms with Gasteiger partial charge >= 0.3 is 0 Å². The monoisotopic (exact) mass is 589 g/mol. The van der Waals surface area contributed by atoms with Gasteiger partial charge in [0.25, 0.3) is 0 Å². The van der Waals surface area contributed by atoms with Crippen LogP contribution in [0.5, 0.6) is 23.0 Å².